The Bertz CT molecular complexity index is 2690. The number of H-pyrrole nitrogens is 1. The summed E-state index contributed by atoms with van der Waals surface area (Å²) in [5, 5.41) is 8.25. The summed E-state index contributed by atoms with van der Waals surface area (Å²) in [5.74, 6) is 0.749. The number of anilines is 1. The number of unbranched alkanes of at least 4 members (excludes halogenated alkanes) is 2. The monoisotopic (exact) mass is 844 g/mol. The van der Waals surface area contributed by atoms with Gasteiger partial charge >= 0.3 is 0 Å². The summed E-state index contributed by atoms with van der Waals surface area (Å²) in [5.41, 5.74) is 8.50. The molecule has 61 heavy (non-hydrogen) atoms. The largest absolute Gasteiger partial charge is 0.341 e. The molecule has 8 nitrogen and oxygen atoms in total. The number of allylic oxidation sites excluding steroid dienone is 1. The number of amides is 2. The second-order valence-corrected chi connectivity index (χ2v) is 17.6. The summed E-state index contributed by atoms with van der Waals surface area (Å²) in [6, 6.07) is 36.7. The molecular formula is C51H52N6O2S2. The van der Waals surface area contributed by atoms with Crippen LogP contribution < -0.4 is 10.6 Å². The third kappa shape index (κ3) is 8.92. The number of hydrogen-bond acceptors (Lipinski definition) is 7. The van der Waals surface area contributed by atoms with Crippen LogP contribution in [0.3, 0.4) is 0 Å². The number of benzene rings is 4. The number of carbonyl (C=O) groups is 2. The van der Waals surface area contributed by atoms with Crippen LogP contribution in [0.25, 0.3) is 59.4 Å². The molecule has 8 rings (SSSR count). The molecule has 0 radical (unpaired) electrons. The highest BCUT2D eigenvalue weighted by Gasteiger charge is 2.33. The van der Waals surface area contributed by atoms with Crippen molar-refractivity contribution in [1.82, 2.24) is 20.3 Å². The Hall–Kier alpha value is -5.97. The van der Waals surface area contributed by atoms with Gasteiger partial charge in [-0.25, -0.2) is 15.0 Å². The summed E-state index contributed by atoms with van der Waals surface area (Å²) >= 11 is 3.20. The van der Waals surface area contributed by atoms with Gasteiger partial charge < -0.3 is 15.6 Å². The van der Waals surface area contributed by atoms with Crippen molar-refractivity contribution in [3.8, 4) is 21.7 Å². The quantitative estimate of drug-likeness (QED) is 0.0899. The van der Waals surface area contributed by atoms with Crippen LogP contribution in [-0.2, 0) is 9.59 Å². The Morgan fingerprint density at radius 1 is 0.623 bits per heavy atom. The third-order valence-electron chi connectivity index (χ3n) is 11.5. The Labute approximate surface area is 366 Å². The SMILES string of the molecule is CCCCC(CC)C(=O)NC1=N/C(=C\c2[nH]c(NC(=O)C(CC)CCCC)c(-c3nc4ccccc4s3)c2-c2ccccc2)C(c2ccccc2)=C1c1nc2ccccc2s1. The van der Waals surface area contributed by atoms with Crippen molar-refractivity contribution in [1.29, 1.82) is 0 Å². The minimum Gasteiger partial charge on any atom is -0.341 e. The van der Waals surface area contributed by atoms with Crippen LogP contribution in [0.5, 0.6) is 0 Å². The standard InChI is InChI=1S/C51H52N6O2S2/c1-5-9-21-32(7-3)48(58)56-46-44(50-54-36-27-17-19-29-40(36)60-50)42(34-23-13-11-14-24-34)38(52-46)31-39-43(35-25-15-12-16-26-35)45(51-55-37-28-18-20-30-41(37)61-51)47(53-39)57-49(59)33(8-4)22-10-6-2/h11-20,23-33,52H,5-10,21-22H2,1-4H3,(H,56,58)(H,53,57,59)/b39-31-. The molecular weight excluding hydrogens is 793 g/mol. The lowest BCUT2D eigenvalue weighted by Crippen LogP contribution is -2.35. The second kappa shape index (κ2) is 19.2. The van der Waals surface area contributed by atoms with Crippen LogP contribution in [0.4, 0.5) is 5.82 Å². The van der Waals surface area contributed by atoms with E-state index in [2.05, 4.69) is 85.8 Å². The van der Waals surface area contributed by atoms with E-state index < -0.39 is 0 Å². The topological polar surface area (TPSA) is 112 Å². The molecule has 0 saturated heterocycles. The van der Waals surface area contributed by atoms with Gasteiger partial charge in [-0.1, -0.05) is 138 Å². The van der Waals surface area contributed by atoms with Crippen LogP contribution in [0, 0.1) is 11.8 Å². The molecule has 2 unspecified atom stereocenters. The van der Waals surface area contributed by atoms with Crippen LogP contribution >= 0.6 is 22.7 Å². The maximum absolute atomic E-state index is 14.2. The fourth-order valence-electron chi connectivity index (χ4n) is 8.10. The van der Waals surface area contributed by atoms with Crippen molar-refractivity contribution in [2.45, 2.75) is 79.1 Å². The Morgan fingerprint density at radius 2 is 1.15 bits per heavy atom. The smallest absolute Gasteiger partial charge is 0.228 e. The highest BCUT2D eigenvalue weighted by molar-refractivity contribution is 7.21. The average Bonchev–Trinajstić information content (AvgIpc) is 4.07. The van der Waals surface area contributed by atoms with Gasteiger partial charge in [0.25, 0.3) is 0 Å². The van der Waals surface area contributed by atoms with Crippen LogP contribution in [-0.4, -0.2) is 32.6 Å². The summed E-state index contributed by atoms with van der Waals surface area (Å²) in [6.45, 7) is 8.46. The number of hydrogen-bond donors (Lipinski definition) is 3. The van der Waals surface area contributed by atoms with E-state index in [9.17, 15) is 9.59 Å². The number of carbonyl (C=O) groups excluding carboxylic acids is 2. The van der Waals surface area contributed by atoms with Crippen LogP contribution in [0.1, 0.15) is 95.3 Å². The molecule has 0 saturated carbocycles. The molecule has 2 amide bonds. The zero-order valence-electron chi connectivity index (χ0n) is 35.3. The summed E-state index contributed by atoms with van der Waals surface area (Å²) < 4.78 is 2.11. The molecule has 10 heteroatoms. The number of aromatic amines is 1. The molecule has 3 N–H and O–H groups in total. The van der Waals surface area contributed by atoms with Crippen molar-refractivity contribution in [2.24, 2.45) is 16.8 Å². The Morgan fingerprint density at radius 3 is 1.72 bits per heavy atom. The van der Waals surface area contributed by atoms with Crippen molar-refractivity contribution in [3.05, 3.63) is 131 Å². The molecule has 0 bridgehead atoms. The molecule has 4 aromatic carbocycles. The van der Waals surface area contributed by atoms with Gasteiger partial charge in [0.1, 0.15) is 21.7 Å². The molecule has 0 aliphatic carbocycles. The van der Waals surface area contributed by atoms with Crippen molar-refractivity contribution in [2.75, 3.05) is 5.32 Å². The van der Waals surface area contributed by atoms with Gasteiger partial charge in [-0.05, 0) is 67.2 Å². The molecule has 1 aliphatic heterocycles. The van der Waals surface area contributed by atoms with Crippen molar-refractivity contribution < 1.29 is 9.59 Å². The summed E-state index contributed by atoms with van der Waals surface area (Å²) in [6.07, 6.45) is 9.16. The fraction of sp³-hybridized carbons (Fsp3) is 0.275. The zero-order chi connectivity index (χ0) is 42.3. The first-order valence-corrected chi connectivity index (χ1v) is 23.3. The number of amidine groups is 1. The minimum atomic E-state index is -0.146. The number of fused-ring (bicyclic) bond motifs is 2. The van der Waals surface area contributed by atoms with E-state index in [0.717, 1.165) is 121 Å². The normalized spacial score (nSPS) is 14.5. The second-order valence-electron chi connectivity index (χ2n) is 15.6. The van der Waals surface area contributed by atoms with E-state index in [0.29, 0.717) is 17.4 Å². The number of nitrogens with one attached hydrogen (secondary N) is 3. The van der Waals surface area contributed by atoms with Gasteiger partial charge in [-0.2, -0.15) is 0 Å². The lowest BCUT2D eigenvalue weighted by molar-refractivity contribution is -0.124. The third-order valence-corrected chi connectivity index (χ3v) is 13.6. The minimum absolute atomic E-state index is 0.0150. The van der Waals surface area contributed by atoms with E-state index in [1.807, 2.05) is 72.8 Å². The van der Waals surface area contributed by atoms with E-state index in [4.69, 9.17) is 15.0 Å². The van der Waals surface area contributed by atoms with Gasteiger partial charge in [0.2, 0.25) is 11.8 Å². The first kappa shape index (κ1) is 41.8. The number of rotatable bonds is 16. The van der Waals surface area contributed by atoms with Crippen molar-refractivity contribution >= 4 is 83.8 Å². The number of aliphatic imine (C=N–C) groups is 1. The molecule has 310 valence electrons. The van der Waals surface area contributed by atoms with E-state index >= 15 is 0 Å². The zero-order valence-corrected chi connectivity index (χ0v) is 36.9. The first-order valence-electron chi connectivity index (χ1n) is 21.7. The molecule has 1 aliphatic rings. The molecule has 4 heterocycles. The number of nitrogens with zero attached hydrogens (tertiary/aromatic N) is 3. The van der Waals surface area contributed by atoms with E-state index in [1.165, 1.54) is 0 Å². The average molecular weight is 845 g/mol. The maximum Gasteiger partial charge on any atom is 0.228 e. The Kier molecular flexibility index (Phi) is 13.1. The highest BCUT2D eigenvalue weighted by Crippen LogP contribution is 2.47. The molecule has 7 aromatic rings. The molecule has 0 fully saturated rings. The predicted molar refractivity (Wildman–Crippen MR) is 257 cm³/mol. The van der Waals surface area contributed by atoms with Gasteiger partial charge in [0.05, 0.1) is 43.0 Å². The first-order chi connectivity index (χ1) is 29.9. The summed E-state index contributed by atoms with van der Waals surface area (Å²) in [4.78, 5) is 47.7. The molecule has 2 atom stereocenters. The van der Waals surface area contributed by atoms with Crippen molar-refractivity contribution in [3.63, 3.8) is 0 Å². The Balaban J connectivity index is 1.38. The predicted octanol–water partition coefficient (Wildman–Crippen LogP) is 13.4. The number of thiazole rings is 2. The molecule has 3 aromatic heterocycles. The van der Waals surface area contributed by atoms with Gasteiger partial charge in [0, 0.05) is 23.0 Å². The van der Waals surface area contributed by atoms with Gasteiger partial charge in [-0.15, -0.1) is 22.7 Å². The fourth-order valence-corrected chi connectivity index (χ4v) is 10.1. The van der Waals surface area contributed by atoms with Gasteiger partial charge in [-0.3, -0.25) is 9.59 Å². The van der Waals surface area contributed by atoms with Gasteiger partial charge in [0.15, 0.2) is 0 Å². The highest BCUT2D eigenvalue weighted by atomic mass is 32.1. The van der Waals surface area contributed by atoms with E-state index in [1.54, 1.807) is 22.7 Å². The number of para-hydroxylation sites is 2. The summed E-state index contributed by atoms with van der Waals surface area (Å²) in [7, 11) is 0. The maximum atomic E-state index is 14.2. The van der Waals surface area contributed by atoms with Crippen LogP contribution in [0.15, 0.2) is 120 Å². The lowest BCUT2D eigenvalue weighted by atomic mass is 9.95. The lowest BCUT2D eigenvalue weighted by Gasteiger charge is -2.15. The molecule has 0 spiro atoms. The van der Waals surface area contributed by atoms with E-state index in [-0.39, 0.29) is 23.7 Å². The number of aromatic nitrogens is 3. The van der Waals surface area contributed by atoms with Crippen LogP contribution in [0.2, 0.25) is 0 Å².